The van der Waals surface area contributed by atoms with Crippen molar-refractivity contribution in [3.63, 3.8) is 0 Å². The maximum Gasteiger partial charge on any atom is 0.257 e. The van der Waals surface area contributed by atoms with Crippen molar-refractivity contribution in [2.45, 2.75) is 31.7 Å². The van der Waals surface area contributed by atoms with Crippen molar-refractivity contribution in [3.05, 3.63) is 30.1 Å². The lowest BCUT2D eigenvalue weighted by molar-refractivity contribution is 0.303. The molecular weight excluding hydrogens is 290 g/mol. The third-order valence-corrected chi connectivity index (χ3v) is 4.31. The van der Waals surface area contributed by atoms with Gasteiger partial charge in [0.15, 0.2) is 15.7 Å². The summed E-state index contributed by atoms with van der Waals surface area (Å²) in [6, 6.07) is 5.95. The van der Waals surface area contributed by atoms with Crippen molar-refractivity contribution < 1.29 is 12.9 Å². The fraction of sp³-hybridized carbons (Fsp3) is 0.429. The summed E-state index contributed by atoms with van der Waals surface area (Å²) in [6.45, 7) is 5.98. The Morgan fingerprint density at radius 1 is 1.19 bits per heavy atom. The van der Waals surface area contributed by atoms with Gasteiger partial charge >= 0.3 is 0 Å². The number of nitrogens with zero attached hydrogens (tertiary/aromatic N) is 2. The lowest BCUT2D eigenvalue weighted by Gasteiger charge is -2.23. The van der Waals surface area contributed by atoms with E-state index in [-0.39, 0.29) is 16.4 Å². The molecule has 0 saturated heterocycles. The number of sulfone groups is 1. The van der Waals surface area contributed by atoms with Crippen LogP contribution in [0.25, 0.3) is 11.5 Å². The quantitative estimate of drug-likeness (QED) is 0.933. The molecule has 2 rings (SSSR count). The normalized spacial score (nSPS) is 14.1. The van der Waals surface area contributed by atoms with E-state index in [2.05, 4.69) is 10.1 Å². The predicted octanol–water partition coefficient (Wildman–Crippen LogP) is 2.19. The average Bonchev–Trinajstić information content (AvgIpc) is 2.85. The Hall–Kier alpha value is -1.73. The molecule has 0 fully saturated rings. The van der Waals surface area contributed by atoms with E-state index >= 15 is 0 Å². The first-order valence-corrected chi connectivity index (χ1v) is 8.38. The van der Waals surface area contributed by atoms with Crippen LogP contribution in [0.5, 0.6) is 0 Å². The Bertz CT molecular complexity index is 728. The van der Waals surface area contributed by atoms with E-state index in [0.29, 0.717) is 17.3 Å². The fourth-order valence-corrected chi connectivity index (χ4v) is 2.34. The molecule has 1 atom stereocenters. The summed E-state index contributed by atoms with van der Waals surface area (Å²) in [5.74, 6) is 0.759. The van der Waals surface area contributed by atoms with Crippen LogP contribution in [-0.2, 0) is 9.84 Å². The zero-order chi connectivity index (χ0) is 15.8. The molecular formula is C14H19N3O3S. The highest BCUT2D eigenvalue weighted by atomic mass is 32.2. The van der Waals surface area contributed by atoms with Crippen LogP contribution in [0.3, 0.4) is 0 Å². The summed E-state index contributed by atoms with van der Waals surface area (Å²) < 4.78 is 28.0. The number of benzene rings is 1. The first-order chi connectivity index (χ1) is 9.59. The molecule has 0 amide bonds. The Labute approximate surface area is 124 Å². The summed E-state index contributed by atoms with van der Waals surface area (Å²) in [4.78, 5) is 4.53. The number of hydrogen-bond donors (Lipinski definition) is 1. The highest BCUT2D eigenvalue weighted by molar-refractivity contribution is 7.90. The van der Waals surface area contributed by atoms with E-state index in [1.807, 2.05) is 20.8 Å². The van der Waals surface area contributed by atoms with Crippen LogP contribution < -0.4 is 5.73 Å². The van der Waals surface area contributed by atoms with Crippen LogP contribution >= 0.6 is 0 Å². The lowest BCUT2D eigenvalue weighted by atomic mass is 9.87. The molecule has 0 bridgehead atoms. The van der Waals surface area contributed by atoms with Crippen molar-refractivity contribution in [2.24, 2.45) is 11.1 Å². The van der Waals surface area contributed by atoms with Crippen molar-refractivity contribution in [1.82, 2.24) is 10.1 Å². The molecule has 21 heavy (non-hydrogen) atoms. The number of rotatable bonds is 3. The van der Waals surface area contributed by atoms with Gasteiger partial charge in [0.05, 0.1) is 10.9 Å². The van der Waals surface area contributed by atoms with Gasteiger partial charge in [-0.2, -0.15) is 4.98 Å². The van der Waals surface area contributed by atoms with Gasteiger partial charge in [0, 0.05) is 11.8 Å². The van der Waals surface area contributed by atoms with Crippen molar-refractivity contribution >= 4 is 9.84 Å². The Balaban J connectivity index is 2.30. The van der Waals surface area contributed by atoms with Crippen LogP contribution in [0.1, 0.15) is 32.6 Å². The smallest absolute Gasteiger partial charge is 0.257 e. The predicted molar refractivity (Wildman–Crippen MR) is 79.2 cm³/mol. The first kappa shape index (κ1) is 15.7. The minimum atomic E-state index is -3.22. The number of aromatic nitrogens is 2. The van der Waals surface area contributed by atoms with Gasteiger partial charge in [-0.3, -0.25) is 0 Å². The summed E-state index contributed by atoms with van der Waals surface area (Å²) in [5.41, 5.74) is 6.56. The molecule has 0 aliphatic rings. The second-order valence-electron chi connectivity index (χ2n) is 6.10. The third-order valence-electron chi connectivity index (χ3n) is 3.18. The van der Waals surface area contributed by atoms with Gasteiger partial charge in [0.1, 0.15) is 0 Å². The Kier molecular flexibility index (Phi) is 3.90. The highest BCUT2D eigenvalue weighted by Gasteiger charge is 2.27. The molecule has 1 heterocycles. The zero-order valence-corrected chi connectivity index (χ0v) is 13.3. The second kappa shape index (κ2) is 5.23. The van der Waals surface area contributed by atoms with Gasteiger partial charge in [-0.25, -0.2) is 8.42 Å². The molecule has 0 radical (unpaired) electrons. The third kappa shape index (κ3) is 3.48. The minimum Gasteiger partial charge on any atom is -0.334 e. The van der Waals surface area contributed by atoms with Gasteiger partial charge in [-0.1, -0.05) is 25.9 Å². The van der Waals surface area contributed by atoms with Crippen LogP contribution in [0.2, 0.25) is 0 Å². The van der Waals surface area contributed by atoms with E-state index in [1.165, 1.54) is 12.1 Å². The Morgan fingerprint density at radius 3 is 2.24 bits per heavy atom. The summed E-state index contributed by atoms with van der Waals surface area (Å²) in [6.07, 6.45) is 1.16. The second-order valence-corrected chi connectivity index (χ2v) is 8.11. The molecule has 7 heteroatoms. The van der Waals surface area contributed by atoms with Gasteiger partial charge in [-0.15, -0.1) is 0 Å². The molecule has 2 N–H and O–H groups in total. The maximum absolute atomic E-state index is 11.4. The molecule has 0 aliphatic heterocycles. The van der Waals surface area contributed by atoms with Gasteiger partial charge in [0.25, 0.3) is 5.89 Å². The zero-order valence-electron chi connectivity index (χ0n) is 12.5. The lowest BCUT2D eigenvalue weighted by Crippen LogP contribution is -2.27. The highest BCUT2D eigenvalue weighted by Crippen LogP contribution is 2.30. The molecule has 114 valence electrons. The minimum absolute atomic E-state index is 0.179. The summed E-state index contributed by atoms with van der Waals surface area (Å²) >= 11 is 0. The standard InChI is InChI=1S/C14H19N3O3S/c1-14(2,3)11(15)12-16-13(20-17-12)9-5-7-10(8-6-9)21(4,18)19/h5-8,11H,15H2,1-4H3. The van der Waals surface area contributed by atoms with Gasteiger partial charge in [-0.05, 0) is 29.7 Å². The average molecular weight is 309 g/mol. The molecule has 2 aromatic rings. The van der Waals surface area contributed by atoms with Gasteiger partial charge in [0.2, 0.25) is 0 Å². The molecule has 1 aromatic heterocycles. The van der Waals surface area contributed by atoms with Crippen LogP contribution in [0.15, 0.2) is 33.7 Å². The largest absolute Gasteiger partial charge is 0.334 e. The van der Waals surface area contributed by atoms with E-state index in [9.17, 15) is 8.42 Å². The van der Waals surface area contributed by atoms with Crippen molar-refractivity contribution in [1.29, 1.82) is 0 Å². The summed E-state index contributed by atoms with van der Waals surface area (Å²) in [5, 5.41) is 3.90. The van der Waals surface area contributed by atoms with E-state index in [4.69, 9.17) is 10.3 Å². The molecule has 0 saturated carbocycles. The van der Waals surface area contributed by atoms with Crippen molar-refractivity contribution in [3.8, 4) is 11.5 Å². The van der Waals surface area contributed by atoms with E-state index < -0.39 is 9.84 Å². The number of hydrogen-bond acceptors (Lipinski definition) is 6. The number of nitrogens with two attached hydrogens (primary N) is 1. The molecule has 0 spiro atoms. The fourth-order valence-electron chi connectivity index (χ4n) is 1.71. The van der Waals surface area contributed by atoms with Crippen LogP contribution in [0.4, 0.5) is 0 Å². The first-order valence-electron chi connectivity index (χ1n) is 6.49. The molecule has 6 nitrogen and oxygen atoms in total. The SMILES string of the molecule is CC(C)(C)C(N)c1noc(-c2ccc(S(C)(=O)=O)cc2)n1. The summed E-state index contributed by atoms with van der Waals surface area (Å²) in [7, 11) is -3.22. The van der Waals surface area contributed by atoms with Crippen molar-refractivity contribution in [2.75, 3.05) is 6.26 Å². The molecule has 0 aliphatic carbocycles. The molecule has 1 unspecified atom stereocenters. The van der Waals surface area contributed by atoms with Gasteiger partial charge < -0.3 is 10.3 Å². The monoisotopic (exact) mass is 309 g/mol. The Morgan fingerprint density at radius 2 is 1.76 bits per heavy atom. The van der Waals surface area contributed by atoms with E-state index in [0.717, 1.165) is 6.26 Å². The molecule has 1 aromatic carbocycles. The maximum atomic E-state index is 11.4. The van der Waals surface area contributed by atoms with E-state index in [1.54, 1.807) is 12.1 Å². The van der Waals surface area contributed by atoms with Crippen LogP contribution in [0, 0.1) is 5.41 Å². The van der Waals surface area contributed by atoms with Crippen LogP contribution in [-0.4, -0.2) is 24.8 Å². The topological polar surface area (TPSA) is 99.1 Å².